The van der Waals surface area contributed by atoms with Crippen molar-refractivity contribution in [2.24, 2.45) is 17.4 Å². The number of primary amides is 1. The SMILES string of the molecule is CC(C)CC(C)OCCCCC(C)(N)C(N)=O. The second kappa shape index (κ2) is 7.67. The van der Waals surface area contributed by atoms with Gasteiger partial charge in [0.2, 0.25) is 5.91 Å². The van der Waals surface area contributed by atoms with Crippen LogP contribution in [0.3, 0.4) is 0 Å². The van der Waals surface area contributed by atoms with Crippen molar-refractivity contribution in [2.75, 3.05) is 6.61 Å². The highest BCUT2D eigenvalue weighted by atomic mass is 16.5. The fraction of sp³-hybridized carbons (Fsp3) is 0.923. The second-order valence-electron chi connectivity index (χ2n) is 5.55. The number of hydrogen-bond acceptors (Lipinski definition) is 3. The molecule has 0 bridgehead atoms. The van der Waals surface area contributed by atoms with Crippen molar-refractivity contribution in [2.45, 2.75) is 65.0 Å². The van der Waals surface area contributed by atoms with Gasteiger partial charge in [0.05, 0.1) is 11.6 Å². The van der Waals surface area contributed by atoms with Gasteiger partial charge in [0.15, 0.2) is 0 Å². The molecular formula is C13H28N2O2. The Labute approximate surface area is 105 Å². The number of amides is 1. The fourth-order valence-corrected chi connectivity index (χ4v) is 1.73. The molecule has 0 heterocycles. The summed E-state index contributed by atoms with van der Waals surface area (Å²) in [6.07, 6.45) is 3.78. The van der Waals surface area contributed by atoms with E-state index in [-0.39, 0.29) is 0 Å². The molecule has 1 amide bonds. The van der Waals surface area contributed by atoms with E-state index in [2.05, 4.69) is 20.8 Å². The summed E-state index contributed by atoms with van der Waals surface area (Å²) in [5, 5.41) is 0. The highest BCUT2D eigenvalue weighted by molar-refractivity contribution is 5.83. The highest BCUT2D eigenvalue weighted by Crippen LogP contribution is 2.12. The van der Waals surface area contributed by atoms with E-state index in [1.54, 1.807) is 6.92 Å². The van der Waals surface area contributed by atoms with E-state index in [9.17, 15) is 4.79 Å². The van der Waals surface area contributed by atoms with Crippen LogP contribution in [0.5, 0.6) is 0 Å². The lowest BCUT2D eigenvalue weighted by molar-refractivity contribution is -0.122. The van der Waals surface area contributed by atoms with Crippen LogP contribution in [-0.2, 0) is 9.53 Å². The molecule has 0 saturated carbocycles. The van der Waals surface area contributed by atoms with Crippen LogP contribution in [0.4, 0.5) is 0 Å². The molecule has 0 spiro atoms. The summed E-state index contributed by atoms with van der Waals surface area (Å²) in [5.41, 5.74) is 10.1. The van der Waals surface area contributed by atoms with Gasteiger partial charge >= 0.3 is 0 Å². The predicted octanol–water partition coefficient (Wildman–Crippen LogP) is 1.81. The van der Waals surface area contributed by atoms with Crippen molar-refractivity contribution >= 4 is 5.91 Å². The molecule has 0 rings (SSSR count). The van der Waals surface area contributed by atoms with Crippen molar-refractivity contribution in [3.63, 3.8) is 0 Å². The van der Waals surface area contributed by atoms with Crippen LogP contribution < -0.4 is 11.5 Å². The molecular weight excluding hydrogens is 216 g/mol. The van der Waals surface area contributed by atoms with E-state index in [1.807, 2.05) is 0 Å². The molecule has 0 fully saturated rings. The monoisotopic (exact) mass is 244 g/mol. The summed E-state index contributed by atoms with van der Waals surface area (Å²) in [5.74, 6) is 0.221. The number of nitrogens with two attached hydrogens (primary N) is 2. The quantitative estimate of drug-likeness (QED) is 0.607. The molecule has 0 saturated heterocycles. The molecule has 2 atom stereocenters. The molecule has 0 aromatic rings. The van der Waals surface area contributed by atoms with E-state index in [0.29, 0.717) is 18.4 Å². The minimum atomic E-state index is -0.885. The predicted molar refractivity (Wildman–Crippen MR) is 70.5 cm³/mol. The van der Waals surface area contributed by atoms with E-state index in [4.69, 9.17) is 16.2 Å². The van der Waals surface area contributed by atoms with Crippen LogP contribution in [0, 0.1) is 5.92 Å². The Morgan fingerprint density at radius 1 is 1.29 bits per heavy atom. The smallest absolute Gasteiger partial charge is 0.237 e. The molecule has 17 heavy (non-hydrogen) atoms. The summed E-state index contributed by atoms with van der Waals surface area (Å²) >= 11 is 0. The van der Waals surface area contributed by atoms with Gasteiger partial charge in [-0.15, -0.1) is 0 Å². The Morgan fingerprint density at radius 2 is 1.88 bits per heavy atom. The summed E-state index contributed by atoms with van der Waals surface area (Å²) in [6, 6.07) is 0. The number of hydrogen-bond donors (Lipinski definition) is 2. The summed E-state index contributed by atoms with van der Waals surface area (Å²) in [7, 11) is 0. The molecule has 4 heteroatoms. The largest absolute Gasteiger partial charge is 0.379 e. The molecule has 0 aliphatic carbocycles. The van der Waals surface area contributed by atoms with Crippen LogP contribution in [-0.4, -0.2) is 24.2 Å². The van der Waals surface area contributed by atoms with Crippen molar-refractivity contribution in [1.29, 1.82) is 0 Å². The Morgan fingerprint density at radius 3 is 2.35 bits per heavy atom. The zero-order valence-electron chi connectivity index (χ0n) is 11.7. The first-order chi connectivity index (χ1) is 7.75. The number of carbonyl (C=O) groups is 1. The topological polar surface area (TPSA) is 78.3 Å². The van der Waals surface area contributed by atoms with Crippen LogP contribution >= 0.6 is 0 Å². The third-order valence-electron chi connectivity index (χ3n) is 2.86. The first-order valence-electron chi connectivity index (χ1n) is 6.46. The van der Waals surface area contributed by atoms with Gasteiger partial charge in [-0.3, -0.25) is 4.79 Å². The van der Waals surface area contributed by atoms with E-state index >= 15 is 0 Å². The van der Waals surface area contributed by atoms with Crippen molar-refractivity contribution in [3.8, 4) is 0 Å². The lowest BCUT2D eigenvalue weighted by atomic mass is 9.96. The van der Waals surface area contributed by atoms with Gasteiger partial charge in [-0.05, 0) is 45.4 Å². The third kappa shape index (κ3) is 8.16. The highest BCUT2D eigenvalue weighted by Gasteiger charge is 2.24. The van der Waals surface area contributed by atoms with Gasteiger partial charge in [-0.25, -0.2) is 0 Å². The number of ether oxygens (including phenoxy) is 1. The molecule has 2 unspecified atom stereocenters. The average Bonchev–Trinajstić information content (AvgIpc) is 2.15. The number of rotatable bonds is 9. The normalized spacial score (nSPS) is 16.8. The van der Waals surface area contributed by atoms with Gasteiger partial charge in [0, 0.05) is 6.61 Å². The van der Waals surface area contributed by atoms with Crippen molar-refractivity contribution in [1.82, 2.24) is 0 Å². The standard InChI is InChI=1S/C13H28N2O2/c1-10(2)9-11(3)17-8-6-5-7-13(4,15)12(14)16/h10-11H,5-9,15H2,1-4H3,(H2,14,16). The van der Waals surface area contributed by atoms with Crippen LogP contribution in [0.2, 0.25) is 0 Å². The average molecular weight is 244 g/mol. The van der Waals surface area contributed by atoms with Crippen molar-refractivity contribution < 1.29 is 9.53 Å². The van der Waals surface area contributed by atoms with E-state index in [1.165, 1.54) is 0 Å². The van der Waals surface area contributed by atoms with Gasteiger partial charge in [0.1, 0.15) is 0 Å². The Hall–Kier alpha value is -0.610. The summed E-state index contributed by atoms with van der Waals surface area (Å²) in [4.78, 5) is 11.0. The van der Waals surface area contributed by atoms with Crippen LogP contribution in [0.25, 0.3) is 0 Å². The molecule has 4 nitrogen and oxygen atoms in total. The fourth-order valence-electron chi connectivity index (χ4n) is 1.73. The molecule has 0 aliphatic heterocycles. The van der Waals surface area contributed by atoms with Crippen LogP contribution in [0.15, 0.2) is 0 Å². The number of unbranched alkanes of at least 4 members (excludes halogenated alkanes) is 1. The molecule has 0 aromatic carbocycles. The molecule has 4 N–H and O–H groups in total. The van der Waals surface area contributed by atoms with Gasteiger partial charge < -0.3 is 16.2 Å². The summed E-state index contributed by atoms with van der Waals surface area (Å²) < 4.78 is 5.67. The maximum Gasteiger partial charge on any atom is 0.237 e. The Bertz CT molecular complexity index is 227. The minimum Gasteiger partial charge on any atom is -0.379 e. The zero-order chi connectivity index (χ0) is 13.5. The van der Waals surface area contributed by atoms with Gasteiger partial charge in [-0.1, -0.05) is 13.8 Å². The lowest BCUT2D eigenvalue weighted by Crippen LogP contribution is -2.49. The lowest BCUT2D eigenvalue weighted by Gasteiger charge is -2.20. The zero-order valence-corrected chi connectivity index (χ0v) is 11.7. The summed E-state index contributed by atoms with van der Waals surface area (Å²) in [6.45, 7) is 8.87. The Kier molecular flexibility index (Phi) is 7.39. The maximum absolute atomic E-state index is 11.0. The minimum absolute atomic E-state index is 0.301. The van der Waals surface area contributed by atoms with E-state index in [0.717, 1.165) is 25.9 Å². The first-order valence-corrected chi connectivity index (χ1v) is 6.46. The number of carbonyl (C=O) groups excluding carboxylic acids is 1. The Balaban J connectivity index is 3.56. The van der Waals surface area contributed by atoms with E-state index < -0.39 is 11.4 Å². The van der Waals surface area contributed by atoms with Crippen molar-refractivity contribution in [3.05, 3.63) is 0 Å². The third-order valence-corrected chi connectivity index (χ3v) is 2.86. The molecule has 0 radical (unpaired) electrons. The van der Waals surface area contributed by atoms with Gasteiger partial charge in [0.25, 0.3) is 0 Å². The first kappa shape index (κ1) is 16.4. The molecule has 102 valence electrons. The molecule has 0 aromatic heterocycles. The van der Waals surface area contributed by atoms with Gasteiger partial charge in [-0.2, -0.15) is 0 Å². The molecule has 0 aliphatic rings. The second-order valence-corrected chi connectivity index (χ2v) is 5.55. The maximum atomic E-state index is 11.0. The van der Waals surface area contributed by atoms with Crippen LogP contribution in [0.1, 0.15) is 53.4 Å².